The Bertz CT molecular complexity index is 409. The number of nitrogens with zero attached hydrogens (tertiary/aromatic N) is 2. The van der Waals surface area contributed by atoms with E-state index in [-0.39, 0.29) is 11.8 Å². The molecule has 0 radical (unpaired) electrons. The molecule has 2 fully saturated rings. The quantitative estimate of drug-likeness (QED) is 0.771. The third-order valence-electron chi connectivity index (χ3n) is 3.54. The van der Waals surface area contributed by atoms with E-state index in [0.29, 0.717) is 32.0 Å². The fraction of sp³-hybridized carbons (Fsp3) is 0.909. The number of rotatable bonds is 4. The van der Waals surface area contributed by atoms with Crippen LogP contribution in [-0.2, 0) is 15.0 Å². The normalized spacial score (nSPS) is 23.3. The molecule has 1 aliphatic heterocycles. The molecule has 104 valence electrons. The second-order valence-corrected chi connectivity index (χ2v) is 7.39. The molecular weight excluding hydrogens is 254 g/mol. The van der Waals surface area contributed by atoms with E-state index in [1.807, 2.05) is 0 Å². The van der Waals surface area contributed by atoms with Crippen LogP contribution in [0.4, 0.5) is 0 Å². The number of piperidine rings is 1. The molecule has 2 rings (SSSR count). The summed E-state index contributed by atoms with van der Waals surface area (Å²) >= 11 is 0. The second-order valence-electron chi connectivity index (χ2n) is 5.25. The van der Waals surface area contributed by atoms with Crippen LogP contribution >= 0.6 is 0 Å². The minimum absolute atomic E-state index is 0.0285. The highest BCUT2D eigenvalue weighted by Crippen LogP contribution is 2.23. The number of hydrogen-bond donors (Lipinski definition) is 1. The lowest BCUT2D eigenvalue weighted by Gasteiger charge is -2.32. The van der Waals surface area contributed by atoms with Crippen molar-refractivity contribution in [3.63, 3.8) is 0 Å². The zero-order valence-corrected chi connectivity index (χ0v) is 11.7. The average Bonchev–Trinajstić information content (AvgIpc) is 3.13. The van der Waals surface area contributed by atoms with Crippen molar-refractivity contribution >= 4 is 16.1 Å². The zero-order valence-electron chi connectivity index (χ0n) is 10.9. The number of hydrogen-bond acceptors (Lipinski definition) is 3. The van der Waals surface area contributed by atoms with Crippen molar-refractivity contribution < 1.29 is 13.2 Å². The van der Waals surface area contributed by atoms with Gasteiger partial charge < -0.3 is 5.32 Å². The van der Waals surface area contributed by atoms with Gasteiger partial charge in [0.05, 0.1) is 0 Å². The summed E-state index contributed by atoms with van der Waals surface area (Å²) in [4.78, 5) is 11.8. The molecule has 0 atom stereocenters. The van der Waals surface area contributed by atoms with Crippen molar-refractivity contribution in [3.05, 3.63) is 0 Å². The maximum absolute atomic E-state index is 11.9. The SMILES string of the molecule is CN(C)S(=O)(=O)N1CCC(C(=O)NC2CC2)CC1. The maximum Gasteiger partial charge on any atom is 0.281 e. The van der Waals surface area contributed by atoms with Gasteiger partial charge in [0, 0.05) is 39.1 Å². The van der Waals surface area contributed by atoms with Crippen molar-refractivity contribution in [2.24, 2.45) is 5.92 Å². The summed E-state index contributed by atoms with van der Waals surface area (Å²) in [5.41, 5.74) is 0. The molecule has 1 saturated heterocycles. The molecular formula is C11H21N3O3S. The van der Waals surface area contributed by atoms with Crippen LogP contribution in [0.3, 0.4) is 0 Å². The van der Waals surface area contributed by atoms with Crippen molar-refractivity contribution in [2.75, 3.05) is 27.2 Å². The number of carbonyl (C=O) groups excluding carboxylic acids is 1. The van der Waals surface area contributed by atoms with Gasteiger partial charge in [-0.2, -0.15) is 17.0 Å². The lowest BCUT2D eigenvalue weighted by molar-refractivity contribution is -0.126. The monoisotopic (exact) mass is 275 g/mol. The summed E-state index contributed by atoms with van der Waals surface area (Å²) in [6.07, 6.45) is 3.40. The minimum atomic E-state index is -3.32. The van der Waals surface area contributed by atoms with E-state index in [2.05, 4.69) is 5.32 Å². The van der Waals surface area contributed by atoms with Gasteiger partial charge in [0.2, 0.25) is 5.91 Å². The average molecular weight is 275 g/mol. The smallest absolute Gasteiger partial charge is 0.281 e. The van der Waals surface area contributed by atoms with Gasteiger partial charge in [0.25, 0.3) is 10.2 Å². The summed E-state index contributed by atoms with van der Waals surface area (Å²) in [7, 11) is -0.267. The molecule has 0 aromatic carbocycles. The van der Waals surface area contributed by atoms with Gasteiger partial charge in [0.1, 0.15) is 0 Å². The first-order chi connectivity index (χ1) is 8.41. The standard InChI is InChI=1S/C11H21N3O3S/c1-13(2)18(16,17)14-7-5-9(6-8-14)11(15)12-10-3-4-10/h9-10H,3-8H2,1-2H3,(H,12,15). The molecule has 7 heteroatoms. The Morgan fingerprint density at radius 1 is 1.17 bits per heavy atom. The third kappa shape index (κ3) is 3.02. The highest BCUT2D eigenvalue weighted by Gasteiger charge is 2.33. The molecule has 1 aliphatic carbocycles. The van der Waals surface area contributed by atoms with Crippen LogP contribution in [0.15, 0.2) is 0 Å². The second kappa shape index (κ2) is 5.14. The molecule has 0 aromatic heterocycles. The van der Waals surface area contributed by atoms with Crippen LogP contribution in [0, 0.1) is 5.92 Å². The van der Waals surface area contributed by atoms with E-state index in [1.165, 1.54) is 22.7 Å². The molecule has 1 amide bonds. The van der Waals surface area contributed by atoms with Gasteiger partial charge in [-0.1, -0.05) is 0 Å². The Hall–Kier alpha value is -0.660. The highest BCUT2D eigenvalue weighted by molar-refractivity contribution is 7.86. The number of nitrogens with one attached hydrogen (secondary N) is 1. The van der Waals surface area contributed by atoms with E-state index in [1.54, 1.807) is 0 Å². The first kappa shape index (κ1) is 13.8. The van der Waals surface area contributed by atoms with E-state index in [4.69, 9.17) is 0 Å². The van der Waals surface area contributed by atoms with E-state index >= 15 is 0 Å². The van der Waals surface area contributed by atoms with Crippen LogP contribution < -0.4 is 5.32 Å². The van der Waals surface area contributed by atoms with Crippen LogP contribution in [0.25, 0.3) is 0 Å². The Kier molecular flexibility index (Phi) is 3.93. The Balaban J connectivity index is 1.85. The molecule has 0 unspecified atom stereocenters. The zero-order chi connectivity index (χ0) is 13.3. The fourth-order valence-corrected chi connectivity index (χ4v) is 3.26. The Labute approximate surface area is 109 Å². The molecule has 0 bridgehead atoms. The van der Waals surface area contributed by atoms with Gasteiger partial charge in [-0.15, -0.1) is 0 Å². The van der Waals surface area contributed by atoms with Gasteiger partial charge in [0.15, 0.2) is 0 Å². The highest BCUT2D eigenvalue weighted by atomic mass is 32.2. The predicted octanol–water partition coefficient (Wildman–Crippen LogP) is -0.217. The van der Waals surface area contributed by atoms with E-state index in [9.17, 15) is 13.2 Å². The van der Waals surface area contributed by atoms with Gasteiger partial charge in [-0.05, 0) is 25.7 Å². The molecule has 1 heterocycles. The Morgan fingerprint density at radius 2 is 1.72 bits per heavy atom. The molecule has 0 spiro atoms. The molecule has 0 aromatic rings. The van der Waals surface area contributed by atoms with Crippen LogP contribution in [0.1, 0.15) is 25.7 Å². The molecule has 1 N–H and O–H groups in total. The summed E-state index contributed by atoms with van der Waals surface area (Å²) in [6.45, 7) is 0.868. The summed E-state index contributed by atoms with van der Waals surface area (Å²) in [6, 6.07) is 0.376. The Morgan fingerprint density at radius 3 is 2.17 bits per heavy atom. The van der Waals surface area contributed by atoms with Crippen LogP contribution in [-0.4, -0.2) is 56.2 Å². The maximum atomic E-state index is 11.9. The first-order valence-corrected chi connectivity index (χ1v) is 7.79. The van der Waals surface area contributed by atoms with Crippen LogP contribution in [0.5, 0.6) is 0 Å². The van der Waals surface area contributed by atoms with Crippen molar-refractivity contribution in [1.82, 2.24) is 13.9 Å². The fourth-order valence-electron chi connectivity index (χ4n) is 2.13. The van der Waals surface area contributed by atoms with E-state index in [0.717, 1.165) is 12.8 Å². The lowest BCUT2D eigenvalue weighted by atomic mass is 9.97. The molecule has 2 aliphatic rings. The minimum Gasteiger partial charge on any atom is -0.353 e. The van der Waals surface area contributed by atoms with Crippen molar-refractivity contribution in [2.45, 2.75) is 31.7 Å². The van der Waals surface area contributed by atoms with Crippen molar-refractivity contribution in [3.8, 4) is 0 Å². The summed E-state index contributed by atoms with van der Waals surface area (Å²) in [5, 5.41) is 2.98. The van der Waals surface area contributed by atoms with Crippen molar-refractivity contribution in [1.29, 1.82) is 0 Å². The largest absolute Gasteiger partial charge is 0.353 e. The topological polar surface area (TPSA) is 69.7 Å². The summed E-state index contributed by atoms with van der Waals surface area (Å²) in [5.74, 6) is 0.0682. The molecule has 18 heavy (non-hydrogen) atoms. The number of amides is 1. The van der Waals surface area contributed by atoms with Gasteiger partial charge in [-0.25, -0.2) is 0 Å². The first-order valence-electron chi connectivity index (χ1n) is 6.39. The van der Waals surface area contributed by atoms with E-state index < -0.39 is 10.2 Å². The predicted molar refractivity (Wildman–Crippen MR) is 68.1 cm³/mol. The molecule has 6 nitrogen and oxygen atoms in total. The van der Waals surface area contributed by atoms with Gasteiger partial charge in [-0.3, -0.25) is 4.79 Å². The third-order valence-corrected chi connectivity index (χ3v) is 5.48. The van der Waals surface area contributed by atoms with Crippen LogP contribution in [0.2, 0.25) is 0 Å². The molecule has 1 saturated carbocycles. The number of carbonyl (C=O) groups is 1. The van der Waals surface area contributed by atoms with Gasteiger partial charge >= 0.3 is 0 Å². The lowest BCUT2D eigenvalue weighted by Crippen LogP contribution is -2.47. The summed E-state index contributed by atoms with van der Waals surface area (Å²) < 4.78 is 26.5.